The van der Waals surface area contributed by atoms with Crippen molar-refractivity contribution in [3.8, 4) is 5.75 Å². The topological polar surface area (TPSA) is 42.4 Å². The van der Waals surface area contributed by atoms with Gasteiger partial charge in [0.05, 0.1) is 16.8 Å². The van der Waals surface area contributed by atoms with Crippen molar-refractivity contribution in [1.82, 2.24) is 4.98 Å². The summed E-state index contributed by atoms with van der Waals surface area (Å²) in [6, 6.07) is 24.0. The fourth-order valence-electron chi connectivity index (χ4n) is 3.25. The van der Waals surface area contributed by atoms with E-state index in [0.29, 0.717) is 17.4 Å². The summed E-state index contributed by atoms with van der Waals surface area (Å²) in [6.45, 7) is 4.56. The number of nitrogens with zero attached hydrogens (tertiary/aromatic N) is 2. The van der Waals surface area contributed by atoms with Crippen molar-refractivity contribution < 1.29 is 9.53 Å². The van der Waals surface area contributed by atoms with Gasteiger partial charge in [-0.15, -0.1) is 0 Å². The number of fused-ring (bicyclic) bond motifs is 1. The molecule has 5 heteroatoms. The lowest BCUT2D eigenvalue weighted by molar-refractivity contribution is -0.120. The Hall–Kier alpha value is -3.18. The van der Waals surface area contributed by atoms with Crippen molar-refractivity contribution in [3.05, 3.63) is 89.5 Å². The van der Waals surface area contributed by atoms with E-state index < -0.39 is 0 Å². The zero-order valence-corrected chi connectivity index (χ0v) is 18.0. The number of hydrogen-bond donors (Lipinski definition) is 0. The Labute approximate surface area is 180 Å². The van der Waals surface area contributed by atoms with E-state index in [1.165, 1.54) is 5.56 Å². The first-order chi connectivity index (χ1) is 14.6. The number of hydrogen-bond acceptors (Lipinski definition) is 4. The predicted molar refractivity (Wildman–Crippen MR) is 123 cm³/mol. The monoisotopic (exact) mass is 416 g/mol. The third-order valence-corrected chi connectivity index (χ3v) is 5.96. The molecule has 1 aromatic heterocycles. The van der Waals surface area contributed by atoms with E-state index in [1.807, 2.05) is 67.6 Å². The van der Waals surface area contributed by atoms with Crippen LogP contribution < -0.4 is 9.64 Å². The van der Waals surface area contributed by atoms with E-state index in [0.717, 1.165) is 27.8 Å². The molecule has 0 fully saturated rings. The molecule has 3 aromatic carbocycles. The van der Waals surface area contributed by atoms with Crippen LogP contribution in [-0.4, -0.2) is 17.5 Å². The second-order valence-corrected chi connectivity index (χ2v) is 8.23. The Morgan fingerprint density at radius 3 is 2.60 bits per heavy atom. The van der Waals surface area contributed by atoms with Crippen LogP contribution in [0.25, 0.3) is 10.2 Å². The number of benzene rings is 3. The van der Waals surface area contributed by atoms with Crippen molar-refractivity contribution in [3.63, 3.8) is 0 Å². The molecular formula is C25H24N2O2S. The molecule has 0 spiro atoms. The number of thiazole rings is 1. The van der Waals surface area contributed by atoms with Gasteiger partial charge in [-0.1, -0.05) is 66.8 Å². The van der Waals surface area contributed by atoms with Gasteiger partial charge in [-0.3, -0.25) is 9.69 Å². The minimum Gasteiger partial charge on any atom is -0.484 e. The van der Waals surface area contributed by atoms with E-state index in [1.54, 1.807) is 16.2 Å². The largest absolute Gasteiger partial charge is 0.484 e. The quantitative estimate of drug-likeness (QED) is 0.383. The summed E-state index contributed by atoms with van der Waals surface area (Å²) in [4.78, 5) is 19.6. The Bertz CT molecular complexity index is 1150. The van der Waals surface area contributed by atoms with Crippen LogP contribution in [0.5, 0.6) is 5.75 Å². The highest BCUT2D eigenvalue weighted by atomic mass is 32.1. The average Bonchev–Trinajstić information content (AvgIpc) is 3.19. The maximum Gasteiger partial charge on any atom is 0.267 e. The van der Waals surface area contributed by atoms with E-state index in [4.69, 9.17) is 9.72 Å². The molecule has 4 rings (SSSR count). The number of aryl methyl sites for hydroxylation is 2. The van der Waals surface area contributed by atoms with Gasteiger partial charge in [0, 0.05) is 0 Å². The molecule has 0 aliphatic heterocycles. The Balaban J connectivity index is 1.61. The Morgan fingerprint density at radius 2 is 1.83 bits per heavy atom. The van der Waals surface area contributed by atoms with Crippen LogP contribution in [0.1, 0.15) is 23.6 Å². The molecule has 4 nitrogen and oxygen atoms in total. The van der Waals surface area contributed by atoms with Crippen LogP contribution in [0.15, 0.2) is 72.8 Å². The van der Waals surface area contributed by atoms with Crippen LogP contribution in [0.2, 0.25) is 0 Å². The lowest BCUT2D eigenvalue weighted by Crippen LogP contribution is -2.34. The molecule has 0 radical (unpaired) electrons. The first-order valence-electron chi connectivity index (χ1n) is 10.1. The van der Waals surface area contributed by atoms with Gasteiger partial charge >= 0.3 is 0 Å². The number of ether oxygens (including phenoxy) is 1. The van der Waals surface area contributed by atoms with E-state index >= 15 is 0 Å². The third kappa shape index (κ3) is 4.69. The van der Waals surface area contributed by atoms with Crippen LogP contribution >= 0.6 is 11.3 Å². The summed E-state index contributed by atoms with van der Waals surface area (Å²) in [7, 11) is 0. The van der Waals surface area contributed by atoms with Gasteiger partial charge in [0.1, 0.15) is 5.75 Å². The molecule has 0 unspecified atom stereocenters. The molecule has 0 bridgehead atoms. The van der Waals surface area contributed by atoms with Crippen LogP contribution in [0, 0.1) is 6.92 Å². The van der Waals surface area contributed by atoms with Gasteiger partial charge in [-0.2, -0.15) is 0 Å². The minimum atomic E-state index is -0.116. The zero-order valence-electron chi connectivity index (χ0n) is 17.2. The van der Waals surface area contributed by atoms with Gasteiger partial charge in [0.2, 0.25) is 0 Å². The third-order valence-electron chi connectivity index (χ3n) is 4.92. The first kappa shape index (κ1) is 20.1. The second kappa shape index (κ2) is 9.09. The molecule has 30 heavy (non-hydrogen) atoms. The number of amides is 1. The van der Waals surface area contributed by atoms with Crippen molar-refractivity contribution in [2.45, 2.75) is 26.8 Å². The van der Waals surface area contributed by atoms with Gasteiger partial charge in [-0.05, 0) is 54.3 Å². The molecular weight excluding hydrogens is 392 g/mol. The molecule has 1 amide bonds. The number of anilines is 1. The highest BCUT2D eigenvalue weighted by Crippen LogP contribution is 2.31. The van der Waals surface area contributed by atoms with Crippen LogP contribution in [0.3, 0.4) is 0 Å². The Kier molecular flexibility index (Phi) is 6.10. The summed E-state index contributed by atoms with van der Waals surface area (Å²) in [5.74, 6) is 0.579. The van der Waals surface area contributed by atoms with Gasteiger partial charge in [-0.25, -0.2) is 4.98 Å². The molecule has 0 saturated heterocycles. The van der Waals surface area contributed by atoms with Crippen molar-refractivity contribution in [2.75, 3.05) is 11.5 Å². The summed E-state index contributed by atoms with van der Waals surface area (Å²) in [5, 5.41) is 0.694. The molecule has 0 aliphatic carbocycles. The number of carbonyl (C=O) groups excluding carboxylic acids is 1. The maximum absolute atomic E-state index is 13.2. The fourth-order valence-corrected chi connectivity index (χ4v) is 4.29. The minimum absolute atomic E-state index is 0.0353. The van der Waals surface area contributed by atoms with E-state index in [2.05, 4.69) is 19.1 Å². The number of carbonyl (C=O) groups is 1. The summed E-state index contributed by atoms with van der Waals surface area (Å²) in [6.07, 6.45) is 0.972. The fraction of sp³-hybridized carbons (Fsp3) is 0.200. The zero-order chi connectivity index (χ0) is 20.9. The number of rotatable bonds is 7. The summed E-state index contributed by atoms with van der Waals surface area (Å²) in [5.41, 5.74) is 4.33. The highest BCUT2D eigenvalue weighted by Gasteiger charge is 2.21. The molecule has 0 aliphatic rings. The van der Waals surface area contributed by atoms with Crippen molar-refractivity contribution in [2.24, 2.45) is 0 Å². The SMILES string of the molecule is CCc1ccc2nc(N(Cc3ccccc3)C(=O)COc3cccc(C)c3)sc2c1. The van der Waals surface area contributed by atoms with E-state index in [9.17, 15) is 4.79 Å². The number of aromatic nitrogens is 1. The average molecular weight is 417 g/mol. The molecule has 0 N–H and O–H groups in total. The maximum atomic E-state index is 13.2. The van der Waals surface area contributed by atoms with Gasteiger partial charge in [0.15, 0.2) is 11.7 Å². The lowest BCUT2D eigenvalue weighted by Gasteiger charge is -2.20. The van der Waals surface area contributed by atoms with E-state index in [-0.39, 0.29) is 12.5 Å². The lowest BCUT2D eigenvalue weighted by atomic mass is 10.2. The van der Waals surface area contributed by atoms with Crippen molar-refractivity contribution >= 4 is 32.6 Å². The molecule has 4 aromatic rings. The molecule has 0 atom stereocenters. The predicted octanol–water partition coefficient (Wildman–Crippen LogP) is 5.78. The normalized spacial score (nSPS) is 10.9. The first-order valence-corrected chi connectivity index (χ1v) is 10.9. The van der Waals surface area contributed by atoms with Gasteiger partial charge in [0.25, 0.3) is 5.91 Å². The summed E-state index contributed by atoms with van der Waals surface area (Å²) < 4.78 is 6.88. The Morgan fingerprint density at radius 1 is 1.00 bits per heavy atom. The summed E-state index contributed by atoms with van der Waals surface area (Å²) >= 11 is 1.55. The van der Waals surface area contributed by atoms with Crippen molar-refractivity contribution in [1.29, 1.82) is 0 Å². The molecule has 1 heterocycles. The molecule has 0 saturated carbocycles. The van der Waals surface area contributed by atoms with Crippen LogP contribution in [0.4, 0.5) is 5.13 Å². The standard InChI is InChI=1S/C25H24N2O2S/c1-3-19-12-13-22-23(15-19)30-25(26-22)27(16-20-9-5-4-6-10-20)24(28)17-29-21-11-7-8-18(2)14-21/h4-15H,3,16-17H2,1-2H3. The molecule has 152 valence electrons. The smallest absolute Gasteiger partial charge is 0.267 e. The highest BCUT2D eigenvalue weighted by molar-refractivity contribution is 7.22. The van der Waals surface area contributed by atoms with Crippen LogP contribution in [-0.2, 0) is 17.8 Å². The second-order valence-electron chi connectivity index (χ2n) is 7.22. The van der Waals surface area contributed by atoms with Gasteiger partial charge < -0.3 is 4.74 Å².